The molecule has 0 bridgehead atoms. The molecule has 3 nitrogen and oxygen atoms in total. The van der Waals surface area contributed by atoms with Gasteiger partial charge in [-0.2, -0.15) is 0 Å². The molecule has 1 unspecified atom stereocenters. The quantitative estimate of drug-likeness (QED) is 0.852. The summed E-state index contributed by atoms with van der Waals surface area (Å²) in [5.41, 5.74) is 8.46. The summed E-state index contributed by atoms with van der Waals surface area (Å²) < 4.78 is 0. The Kier molecular flexibility index (Phi) is 5.71. The molecule has 0 aliphatic heterocycles. The third kappa shape index (κ3) is 4.40. The van der Waals surface area contributed by atoms with Crippen molar-refractivity contribution in [2.75, 3.05) is 13.6 Å². The minimum Gasteiger partial charge on any atom is -0.329 e. The minimum absolute atomic E-state index is 0.400. The van der Waals surface area contributed by atoms with Crippen molar-refractivity contribution in [3.8, 4) is 0 Å². The van der Waals surface area contributed by atoms with Crippen molar-refractivity contribution in [2.24, 2.45) is 5.73 Å². The van der Waals surface area contributed by atoms with Crippen molar-refractivity contribution in [1.29, 1.82) is 0 Å². The molecule has 0 spiro atoms. The predicted molar refractivity (Wildman–Crippen MR) is 85.9 cm³/mol. The maximum Gasteiger partial charge on any atom is 0.0897 e. The van der Waals surface area contributed by atoms with Gasteiger partial charge < -0.3 is 5.73 Å². The van der Waals surface area contributed by atoms with Crippen LogP contribution in [-0.2, 0) is 13.0 Å². The Morgan fingerprint density at radius 2 is 2.05 bits per heavy atom. The summed E-state index contributed by atoms with van der Waals surface area (Å²) in [7, 11) is 2.14. The fraction of sp³-hybridized carbons (Fsp3) is 0.438. The zero-order valence-electron chi connectivity index (χ0n) is 12.2. The lowest BCUT2D eigenvalue weighted by Crippen LogP contribution is -2.37. The number of benzene rings is 1. The summed E-state index contributed by atoms with van der Waals surface area (Å²) in [4.78, 5) is 6.84. The number of aromatic nitrogens is 1. The van der Waals surface area contributed by atoms with Gasteiger partial charge in [0.15, 0.2) is 0 Å². The number of aryl methyl sites for hydroxylation is 2. The van der Waals surface area contributed by atoms with Crippen molar-refractivity contribution in [3.63, 3.8) is 0 Å². The Morgan fingerprint density at radius 3 is 2.65 bits per heavy atom. The highest BCUT2D eigenvalue weighted by atomic mass is 32.1. The van der Waals surface area contributed by atoms with Gasteiger partial charge in [0.2, 0.25) is 0 Å². The van der Waals surface area contributed by atoms with Crippen LogP contribution in [0.25, 0.3) is 0 Å². The Labute approximate surface area is 125 Å². The molecule has 4 heteroatoms. The van der Waals surface area contributed by atoms with Crippen LogP contribution in [0.1, 0.15) is 22.7 Å². The lowest BCUT2D eigenvalue weighted by atomic mass is 10.0. The standard InChI is InChI=1S/C16H23N3S/c1-13-18-15(12-20-13)11-19(2)16(10-17)9-8-14-6-4-3-5-7-14/h3-7,12,16H,8-11,17H2,1-2H3. The van der Waals surface area contributed by atoms with Crippen molar-refractivity contribution >= 4 is 11.3 Å². The molecule has 2 aromatic rings. The average Bonchev–Trinajstić information content (AvgIpc) is 2.86. The van der Waals surface area contributed by atoms with Gasteiger partial charge in [0.1, 0.15) is 0 Å². The van der Waals surface area contributed by atoms with E-state index < -0.39 is 0 Å². The number of nitrogens with zero attached hydrogens (tertiary/aromatic N) is 2. The molecule has 0 saturated heterocycles. The van der Waals surface area contributed by atoms with Crippen molar-refractivity contribution in [1.82, 2.24) is 9.88 Å². The molecule has 0 amide bonds. The summed E-state index contributed by atoms with van der Waals surface area (Å²) in [6.07, 6.45) is 2.16. The highest BCUT2D eigenvalue weighted by Gasteiger charge is 2.14. The van der Waals surface area contributed by atoms with Crippen LogP contribution in [0.5, 0.6) is 0 Å². The fourth-order valence-corrected chi connectivity index (χ4v) is 2.97. The van der Waals surface area contributed by atoms with Gasteiger partial charge in [-0.1, -0.05) is 30.3 Å². The fourth-order valence-electron chi connectivity index (χ4n) is 2.36. The number of hydrogen-bond donors (Lipinski definition) is 1. The molecule has 2 rings (SSSR count). The zero-order valence-corrected chi connectivity index (χ0v) is 13.1. The second-order valence-corrected chi connectivity index (χ2v) is 6.25. The first-order valence-electron chi connectivity index (χ1n) is 7.04. The van der Waals surface area contributed by atoms with Crippen LogP contribution in [0, 0.1) is 6.92 Å². The van der Waals surface area contributed by atoms with Crippen LogP contribution in [0.3, 0.4) is 0 Å². The highest BCUT2D eigenvalue weighted by Crippen LogP contribution is 2.13. The van der Waals surface area contributed by atoms with Crippen LogP contribution in [0.15, 0.2) is 35.7 Å². The van der Waals surface area contributed by atoms with Crippen LogP contribution in [0.2, 0.25) is 0 Å². The van der Waals surface area contributed by atoms with Gasteiger partial charge in [-0.25, -0.2) is 4.98 Å². The average molecular weight is 289 g/mol. The first-order valence-corrected chi connectivity index (χ1v) is 7.92. The Morgan fingerprint density at radius 1 is 1.30 bits per heavy atom. The molecule has 2 N–H and O–H groups in total. The van der Waals surface area contributed by atoms with Crippen LogP contribution in [-0.4, -0.2) is 29.5 Å². The molecule has 1 aromatic heterocycles. The van der Waals surface area contributed by atoms with E-state index in [-0.39, 0.29) is 0 Å². The minimum atomic E-state index is 0.400. The molecule has 0 saturated carbocycles. The van der Waals surface area contributed by atoms with Gasteiger partial charge in [-0.05, 0) is 32.4 Å². The van der Waals surface area contributed by atoms with Gasteiger partial charge in [-0.3, -0.25) is 4.90 Å². The monoisotopic (exact) mass is 289 g/mol. The third-order valence-electron chi connectivity index (χ3n) is 3.58. The van der Waals surface area contributed by atoms with E-state index in [0.717, 1.165) is 30.1 Å². The van der Waals surface area contributed by atoms with Gasteiger partial charge in [0.05, 0.1) is 10.7 Å². The molecule has 20 heavy (non-hydrogen) atoms. The normalized spacial score (nSPS) is 12.8. The first kappa shape index (κ1) is 15.2. The molecular weight excluding hydrogens is 266 g/mol. The second kappa shape index (κ2) is 7.53. The number of rotatable bonds is 7. The largest absolute Gasteiger partial charge is 0.329 e. The summed E-state index contributed by atoms with van der Waals surface area (Å²) in [5, 5.41) is 3.26. The van der Waals surface area contributed by atoms with E-state index in [1.165, 1.54) is 5.56 Å². The van der Waals surface area contributed by atoms with Crippen molar-refractivity contribution < 1.29 is 0 Å². The first-order chi connectivity index (χ1) is 9.69. The smallest absolute Gasteiger partial charge is 0.0897 e. The molecule has 1 heterocycles. The molecule has 0 aliphatic rings. The van der Waals surface area contributed by atoms with Gasteiger partial charge in [-0.15, -0.1) is 11.3 Å². The SMILES string of the molecule is Cc1nc(CN(C)C(CN)CCc2ccccc2)cs1. The lowest BCUT2D eigenvalue weighted by molar-refractivity contribution is 0.225. The van der Waals surface area contributed by atoms with E-state index in [0.29, 0.717) is 12.6 Å². The van der Waals surface area contributed by atoms with E-state index in [9.17, 15) is 0 Å². The van der Waals surface area contributed by atoms with E-state index in [1.807, 2.05) is 6.92 Å². The topological polar surface area (TPSA) is 42.2 Å². The summed E-state index contributed by atoms with van der Waals surface area (Å²) >= 11 is 1.71. The molecule has 0 fully saturated rings. The van der Waals surface area contributed by atoms with E-state index in [1.54, 1.807) is 11.3 Å². The van der Waals surface area contributed by atoms with Crippen molar-refractivity contribution in [2.45, 2.75) is 32.4 Å². The number of nitrogens with two attached hydrogens (primary N) is 1. The molecule has 0 aliphatic carbocycles. The number of thiazole rings is 1. The lowest BCUT2D eigenvalue weighted by Gasteiger charge is -2.26. The van der Waals surface area contributed by atoms with Gasteiger partial charge in [0, 0.05) is 24.5 Å². The van der Waals surface area contributed by atoms with E-state index >= 15 is 0 Å². The number of likely N-dealkylation sites (N-methyl/N-ethyl adjacent to an activating group) is 1. The molecule has 1 aromatic carbocycles. The van der Waals surface area contributed by atoms with E-state index in [4.69, 9.17) is 5.73 Å². The van der Waals surface area contributed by atoms with Crippen LogP contribution >= 0.6 is 11.3 Å². The van der Waals surface area contributed by atoms with Crippen molar-refractivity contribution in [3.05, 3.63) is 52.0 Å². The maximum absolute atomic E-state index is 5.94. The zero-order chi connectivity index (χ0) is 14.4. The summed E-state index contributed by atoms with van der Waals surface area (Å²) in [6, 6.07) is 11.0. The van der Waals surface area contributed by atoms with E-state index in [2.05, 4.69) is 52.6 Å². The van der Waals surface area contributed by atoms with Gasteiger partial charge in [0.25, 0.3) is 0 Å². The molecule has 108 valence electrons. The summed E-state index contributed by atoms with van der Waals surface area (Å²) in [6.45, 7) is 3.61. The second-order valence-electron chi connectivity index (χ2n) is 5.19. The maximum atomic E-state index is 5.94. The Balaban J connectivity index is 1.87. The molecular formula is C16H23N3S. The predicted octanol–water partition coefficient (Wildman–Crippen LogP) is 2.84. The van der Waals surface area contributed by atoms with Crippen LogP contribution < -0.4 is 5.73 Å². The van der Waals surface area contributed by atoms with Gasteiger partial charge >= 0.3 is 0 Å². The van der Waals surface area contributed by atoms with Crippen LogP contribution in [0.4, 0.5) is 0 Å². The highest BCUT2D eigenvalue weighted by molar-refractivity contribution is 7.09. The number of hydrogen-bond acceptors (Lipinski definition) is 4. The Bertz CT molecular complexity index is 509. The Hall–Kier alpha value is -1.23. The molecule has 0 radical (unpaired) electrons. The molecule has 1 atom stereocenters. The summed E-state index contributed by atoms with van der Waals surface area (Å²) in [5.74, 6) is 0. The third-order valence-corrected chi connectivity index (χ3v) is 4.40.